The number of amides is 2. The largest absolute Gasteiger partial charge is 0.480 e. The summed E-state index contributed by atoms with van der Waals surface area (Å²) in [7, 11) is 1.31. The number of ether oxygens (including phenoxy) is 2. The maximum Gasteiger partial charge on any atom is 0.412 e. The number of nitrogens with one attached hydrogen (secondary N) is 2. The molecule has 2 amide bonds. The molecular formula is C23H22N4O7. The van der Waals surface area contributed by atoms with Gasteiger partial charge in [-0.2, -0.15) is 0 Å². The average molecular weight is 466 g/mol. The smallest absolute Gasteiger partial charge is 0.412 e. The summed E-state index contributed by atoms with van der Waals surface area (Å²) in [6, 6.07) is 14.4. The number of rotatable bonds is 8. The number of carbonyl (C=O) groups excluding carboxylic acids is 2. The second kappa shape index (κ2) is 9.71. The van der Waals surface area contributed by atoms with Crippen LogP contribution in [0.5, 0.6) is 0 Å². The molecule has 2 aromatic carbocycles. The maximum atomic E-state index is 12.5. The quantitative estimate of drug-likeness (QED) is 0.455. The number of carboxylic acid groups (broad SMARTS) is 1. The Kier molecular flexibility index (Phi) is 6.55. The van der Waals surface area contributed by atoms with Gasteiger partial charge >= 0.3 is 12.1 Å². The first-order valence-electron chi connectivity index (χ1n) is 10.4. The Labute approximate surface area is 194 Å². The van der Waals surface area contributed by atoms with Crippen LogP contribution in [-0.2, 0) is 14.3 Å². The molecule has 0 saturated heterocycles. The molecule has 3 N–H and O–H groups in total. The maximum absolute atomic E-state index is 12.5. The van der Waals surface area contributed by atoms with Crippen LogP contribution in [-0.4, -0.2) is 59.3 Å². The molecule has 0 fully saturated rings. The SMILES string of the molecule is CO[C@H](C)[C@H](NC(=O)c1nonc1NC(=O)OCC1c2ccccc2-c2ccccc21)C(=O)O. The first kappa shape index (κ1) is 22.9. The second-order valence-electron chi connectivity index (χ2n) is 7.64. The number of fused-ring (bicyclic) bond motifs is 3. The predicted molar refractivity (Wildman–Crippen MR) is 118 cm³/mol. The van der Waals surface area contributed by atoms with Gasteiger partial charge in [0.25, 0.3) is 5.91 Å². The number of anilines is 1. The fourth-order valence-corrected chi connectivity index (χ4v) is 3.88. The molecule has 0 radical (unpaired) electrons. The minimum atomic E-state index is -1.35. The van der Waals surface area contributed by atoms with Crippen LogP contribution < -0.4 is 10.6 Å². The van der Waals surface area contributed by atoms with E-state index in [1.54, 1.807) is 0 Å². The normalized spacial score (nSPS) is 13.9. The van der Waals surface area contributed by atoms with Crippen LogP contribution in [0.15, 0.2) is 53.2 Å². The Morgan fingerprint density at radius 3 is 2.26 bits per heavy atom. The Hall–Kier alpha value is -4.25. The van der Waals surface area contributed by atoms with Crippen LogP contribution in [0.2, 0.25) is 0 Å². The Morgan fingerprint density at radius 2 is 1.68 bits per heavy atom. The number of hydrogen-bond acceptors (Lipinski definition) is 8. The van der Waals surface area contributed by atoms with E-state index in [1.807, 2.05) is 48.5 Å². The Bertz CT molecular complexity index is 1180. The lowest BCUT2D eigenvalue weighted by molar-refractivity contribution is -0.142. The number of carboxylic acids is 1. The summed E-state index contributed by atoms with van der Waals surface area (Å²) >= 11 is 0. The highest BCUT2D eigenvalue weighted by Crippen LogP contribution is 2.44. The van der Waals surface area contributed by atoms with Crippen molar-refractivity contribution in [3.8, 4) is 11.1 Å². The van der Waals surface area contributed by atoms with E-state index in [0.717, 1.165) is 22.3 Å². The zero-order valence-electron chi connectivity index (χ0n) is 18.3. The Morgan fingerprint density at radius 1 is 1.06 bits per heavy atom. The third kappa shape index (κ3) is 4.46. The first-order chi connectivity index (χ1) is 16.4. The standard InChI is InChI=1S/C23H22N4O7/c1-12(32-2)18(22(29)30)24-21(28)19-20(27-34-26-19)25-23(31)33-11-17-15-9-5-3-7-13(15)14-8-4-6-10-16(14)17/h3-10,12,17-18H,11H2,1-2H3,(H,24,28)(H,29,30)(H,25,27,31)/t12-,18+/m1/s1. The van der Waals surface area contributed by atoms with Crippen molar-refractivity contribution in [3.63, 3.8) is 0 Å². The summed E-state index contributed by atoms with van der Waals surface area (Å²) in [5.74, 6) is -2.66. The van der Waals surface area contributed by atoms with Crippen LogP contribution >= 0.6 is 0 Å². The van der Waals surface area contributed by atoms with Crippen molar-refractivity contribution in [1.82, 2.24) is 15.6 Å². The van der Waals surface area contributed by atoms with Gasteiger partial charge in [-0.05, 0) is 39.5 Å². The lowest BCUT2D eigenvalue weighted by atomic mass is 9.98. The second-order valence-corrected chi connectivity index (χ2v) is 7.64. The fraction of sp³-hybridized carbons (Fsp3) is 0.261. The van der Waals surface area contributed by atoms with Crippen molar-refractivity contribution < 1.29 is 33.6 Å². The third-order valence-electron chi connectivity index (χ3n) is 5.66. The molecule has 3 aromatic rings. The summed E-state index contributed by atoms with van der Waals surface area (Å²) in [6.45, 7) is 1.54. The fourth-order valence-electron chi connectivity index (χ4n) is 3.88. The highest BCUT2D eigenvalue weighted by Gasteiger charge is 2.31. The van der Waals surface area contributed by atoms with Crippen LogP contribution in [0.3, 0.4) is 0 Å². The molecule has 1 aliphatic carbocycles. The molecular weight excluding hydrogens is 444 g/mol. The molecule has 11 nitrogen and oxygen atoms in total. The van der Waals surface area contributed by atoms with E-state index in [2.05, 4.69) is 25.6 Å². The van der Waals surface area contributed by atoms with Crippen molar-refractivity contribution in [1.29, 1.82) is 0 Å². The molecule has 0 aliphatic heterocycles. The van der Waals surface area contributed by atoms with Crippen molar-refractivity contribution in [2.24, 2.45) is 0 Å². The number of aromatic nitrogens is 2. The summed E-state index contributed by atoms with van der Waals surface area (Å²) in [6.07, 6.45) is -1.69. The molecule has 1 aliphatic rings. The summed E-state index contributed by atoms with van der Waals surface area (Å²) in [5, 5.41) is 20.9. The Balaban J connectivity index is 1.42. The molecule has 176 valence electrons. The van der Waals surface area contributed by atoms with Gasteiger partial charge in [-0.15, -0.1) is 0 Å². The number of aliphatic carboxylic acids is 1. The van der Waals surface area contributed by atoms with Crippen LogP contribution in [0.25, 0.3) is 11.1 Å². The van der Waals surface area contributed by atoms with E-state index in [4.69, 9.17) is 9.47 Å². The number of benzene rings is 2. The monoisotopic (exact) mass is 466 g/mol. The predicted octanol–water partition coefficient (Wildman–Crippen LogP) is 2.65. The number of hydrogen-bond donors (Lipinski definition) is 3. The molecule has 1 heterocycles. The van der Waals surface area contributed by atoms with Crippen LogP contribution in [0, 0.1) is 0 Å². The zero-order valence-corrected chi connectivity index (χ0v) is 18.3. The highest BCUT2D eigenvalue weighted by atomic mass is 16.6. The molecule has 0 unspecified atom stereocenters. The molecule has 11 heteroatoms. The minimum Gasteiger partial charge on any atom is -0.480 e. The van der Waals surface area contributed by atoms with Gasteiger partial charge in [-0.3, -0.25) is 10.1 Å². The van der Waals surface area contributed by atoms with Crippen molar-refractivity contribution in [2.45, 2.75) is 25.0 Å². The van der Waals surface area contributed by atoms with Gasteiger partial charge < -0.3 is 19.9 Å². The molecule has 2 atom stereocenters. The van der Waals surface area contributed by atoms with Gasteiger partial charge in [0.1, 0.15) is 6.61 Å². The number of methoxy groups -OCH3 is 1. The van der Waals surface area contributed by atoms with E-state index in [9.17, 15) is 19.5 Å². The average Bonchev–Trinajstić information content (AvgIpc) is 3.43. The van der Waals surface area contributed by atoms with Crippen LogP contribution in [0.1, 0.15) is 34.5 Å². The summed E-state index contributed by atoms with van der Waals surface area (Å²) in [5.41, 5.74) is 3.87. The van der Waals surface area contributed by atoms with E-state index < -0.39 is 35.8 Å². The van der Waals surface area contributed by atoms with E-state index in [1.165, 1.54) is 14.0 Å². The van der Waals surface area contributed by atoms with Gasteiger partial charge in [0.05, 0.1) is 6.10 Å². The summed E-state index contributed by atoms with van der Waals surface area (Å²) < 4.78 is 14.9. The van der Waals surface area contributed by atoms with Crippen LogP contribution in [0.4, 0.5) is 10.6 Å². The third-order valence-corrected chi connectivity index (χ3v) is 5.66. The zero-order chi connectivity index (χ0) is 24.2. The van der Waals surface area contributed by atoms with Crippen molar-refractivity contribution >= 4 is 23.8 Å². The number of nitrogens with zero attached hydrogens (tertiary/aromatic N) is 2. The molecule has 1 aromatic heterocycles. The molecule has 0 spiro atoms. The molecule has 34 heavy (non-hydrogen) atoms. The first-order valence-corrected chi connectivity index (χ1v) is 10.4. The van der Waals surface area contributed by atoms with Gasteiger partial charge in [-0.25, -0.2) is 14.2 Å². The van der Waals surface area contributed by atoms with Gasteiger partial charge in [0.15, 0.2) is 6.04 Å². The van der Waals surface area contributed by atoms with E-state index in [-0.39, 0.29) is 18.3 Å². The van der Waals surface area contributed by atoms with Crippen molar-refractivity contribution in [3.05, 3.63) is 65.4 Å². The number of carbonyl (C=O) groups is 3. The van der Waals surface area contributed by atoms with Gasteiger partial charge in [0.2, 0.25) is 11.5 Å². The lowest BCUT2D eigenvalue weighted by Crippen LogP contribution is -2.48. The highest BCUT2D eigenvalue weighted by molar-refractivity contribution is 6.01. The molecule has 0 saturated carbocycles. The molecule has 4 rings (SSSR count). The lowest BCUT2D eigenvalue weighted by Gasteiger charge is -2.19. The van der Waals surface area contributed by atoms with E-state index in [0.29, 0.717) is 0 Å². The van der Waals surface area contributed by atoms with Gasteiger partial charge in [0, 0.05) is 13.0 Å². The van der Waals surface area contributed by atoms with Gasteiger partial charge in [-0.1, -0.05) is 48.5 Å². The minimum absolute atomic E-state index is 0.0547. The molecule has 0 bridgehead atoms. The van der Waals surface area contributed by atoms with Crippen molar-refractivity contribution in [2.75, 3.05) is 19.0 Å². The topological polar surface area (TPSA) is 153 Å². The summed E-state index contributed by atoms with van der Waals surface area (Å²) in [4.78, 5) is 36.4. The van der Waals surface area contributed by atoms with E-state index >= 15 is 0 Å².